The second kappa shape index (κ2) is 15.3. The Morgan fingerprint density at radius 1 is 0.905 bits per heavy atom. The summed E-state index contributed by atoms with van der Waals surface area (Å²) in [6.07, 6.45) is 18.5. The molecule has 0 heterocycles. The number of aliphatic hydroxyl groups is 1. The molecule has 0 aromatic carbocycles. The van der Waals surface area contributed by atoms with Gasteiger partial charge in [0.25, 0.3) is 0 Å². The van der Waals surface area contributed by atoms with Crippen molar-refractivity contribution in [1.29, 1.82) is 0 Å². The molecular formula is C18H32O3. The van der Waals surface area contributed by atoms with Crippen LogP contribution in [0.3, 0.4) is 0 Å². The summed E-state index contributed by atoms with van der Waals surface area (Å²) in [5, 5.41) is 18.2. The highest BCUT2D eigenvalue weighted by atomic mass is 16.4. The molecule has 0 spiro atoms. The minimum Gasteiger partial charge on any atom is -0.481 e. The molecule has 0 aromatic heterocycles. The number of unbranched alkanes of at least 4 members (excludes halogenated alkanes) is 8. The lowest BCUT2D eigenvalue weighted by molar-refractivity contribution is -0.137. The van der Waals surface area contributed by atoms with E-state index in [2.05, 4.69) is 13.0 Å². The monoisotopic (exact) mass is 296 g/mol. The van der Waals surface area contributed by atoms with E-state index in [9.17, 15) is 9.90 Å². The average Bonchev–Trinajstić information content (AvgIpc) is 2.45. The van der Waals surface area contributed by atoms with Gasteiger partial charge in [0, 0.05) is 6.42 Å². The van der Waals surface area contributed by atoms with Crippen LogP contribution >= 0.6 is 0 Å². The van der Waals surface area contributed by atoms with Gasteiger partial charge in [0.05, 0.1) is 6.10 Å². The van der Waals surface area contributed by atoms with E-state index in [1.807, 2.05) is 18.2 Å². The van der Waals surface area contributed by atoms with Crippen LogP contribution in [0.2, 0.25) is 0 Å². The molecule has 2 N–H and O–H groups in total. The zero-order valence-electron chi connectivity index (χ0n) is 13.5. The molecule has 0 saturated heterocycles. The Morgan fingerprint density at radius 3 is 2.00 bits per heavy atom. The second-order valence-corrected chi connectivity index (χ2v) is 5.54. The number of aliphatic hydroxyl groups excluding tert-OH is 1. The molecule has 0 bridgehead atoms. The number of aliphatic carboxylic acids is 1. The summed E-state index contributed by atoms with van der Waals surface area (Å²) in [5.41, 5.74) is 0. The summed E-state index contributed by atoms with van der Waals surface area (Å²) >= 11 is 0. The molecule has 0 aliphatic rings. The highest BCUT2D eigenvalue weighted by Crippen LogP contribution is 2.08. The maximum absolute atomic E-state index is 10.3. The summed E-state index contributed by atoms with van der Waals surface area (Å²) in [6.45, 7) is 2.19. The second-order valence-electron chi connectivity index (χ2n) is 5.54. The highest BCUT2D eigenvalue weighted by Gasteiger charge is 1.96. The number of carbonyl (C=O) groups is 1. The van der Waals surface area contributed by atoms with Crippen LogP contribution in [-0.4, -0.2) is 22.3 Å². The van der Waals surface area contributed by atoms with E-state index in [-0.39, 0.29) is 6.42 Å². The predicted octanol–water partition coefficient (Wildman–Crippen LogP) is 4.86. The van der Waals surface area contributed by atoms with Gasteiger partial charge in [-0.2, -0.15) is 0 Å². The van der Waals surface area contributed by atoms with Crippen LogP contribution in [0.4, 0.5) is 0 Å². The molecule has 0 amide bonds. The summed E-state index contributed by atoms with van der Waals surface area (Å²) in [7, 11) is 0. The van der Waals surface area contributed by atoms with Crippen molar-refractivity contribution in [3.8, 4) is 0 Å². The van der Waals surface area contributed by atoms with E-state index < -0.39 is 12.1 Å². The molecule has 0 aliphatic heterocycles. The number of carboxylic acid groups (broad SMARTS) is 1. The zero-order valence-corrected chi connectivity index (χ0v) is 13.5. The number of hydrogen-bond acceptors (Lipinski definition) is 2. The maximum atomic E-state index is 10.3. The topological polar surface area (TPSA) is 57.5 Å². The first kappa shape index (κ1) is 19.9. The Kier molecular flexibility index (Phi) is 14.5. The van der Waals surface area contributed by atoms with Crippen molar-refractivity contribution >= 4 is 5.97 Å². The van der Waals surface area contributed by atoms with Crippen LogP contribution in [0.25, 0.3) is 0 Å². The smallest absolute Gasteiger partial charge is 0.303 e. The number of rotatable bonds is 14. The molecule has 0 saturated carbocycles. The van der Waals surface area contributed by atoms with Crippen LogP contribution in [0.1, 0.15) is 77.6 Å². The lowest BCUT2D eigenvalue weighted by atomic mass is 10.1. The van der Waals surface area contributed by atoms with Crippen molar-refractivity contribution in [3.63, 3.8) is 0 Å². The molecule has 3 nitrogen and oxygen atoms in total. The van der Waals surface area contributed by atoms with Gasteiger partial charge < -0.3 is 10.2 Å². The molecule has 0 rings (SSSR count). The van der Waals surface area contributed by atoms with Gasteiger partial charge in [-0.25, -0.2) is 0 Å². The largest absolute Gasteiger partial charge is 0.481 e. The third-order valence-corrected chi connectivity index (χ3v) is 3.40. The number of allylic oxidation sites excluding steroid dienone is 2. The van der Waals surface area contributed by atoms with Crippen molar-refractivity contribution in [2.24, 2.45) is 0 Å². The average molecular weight is 296 g/mol. The minimum atomic E-state index is -0.699. The lowest BCUT2D eigenvalue weighted by Crippen LogP contribution is -1.95. The molecule has 1 atom stereocenters. The van der Waals surface area contributed by atoms with Gasteiger partial charge in [-0.3, -0.25) is 4.79 Å². The van der Waals surface area contributed by atoms with Gasteiger partial charge >= 0.3 is 5.97 Å². The predicted molar refractivity (Wildman–Crippen MR) is 88.4 cm³/mol. The standard InChI is InChI=1S/C18H32O3/c1-2-3-4-8-11-14-17(19)15-12-9-6-5-7-10-13-16-18(20)21/h11-12,14-15,17,19H,2-10,13,16H2,1H3,(H,20,21)/b14-11-,15-12-/t17-/m1/s1. The molecule has 0 unspecified atom stereocenters. The first-order valence-corrected chi connectivity index (χ1v) is 8.40. The quantitative estimate of drug-likeness (QED) is 0.355. The Balaban J connectivity index is 3.39. The van der Waals surface area contributed by atoms with Crippen LogP contribution < -0.4 is 0 Å². The molecule has 0 aliphatic carbocycles. The maximum Gasteiger partial charge on any atom is 0.303 e. The Bertz CT molecular complexity index is 295. The third-order valence-electron chi connectivity index (χ3n) is 3.40. The van der Waals surface area contributed by atoms with Crippen molar-refractivity contribution in [3.05, 3.63) is 24.3 Å². The molecule has 0 radical (unpaired) electrons. The Morgan fingerprint density at radius 2 is 1.43 bits per heavy atom. The van der Waals surface area contributed by atoms with Gasteiger partial charge in [-0.1, -0.05) is 63.3 Å². The number of hydrogen-bond donors (Lipinski definition) is 2. The van der Waals surface area contributed by atoms with Crippen molar-refractivity contribution in [2.75, 3.05) is 0 Å². The number of carboxylic acids is 1. The first-order chi connectivity index (χ1) is 10.2. The Hall–Kier alpha value is -1.09. The third kappa shape index (κ3) is 16.9. The fourth-order valence-corrected chi connectivity index (χ4v) is 2.12. The normalized spacial score (nSPS) is 13.2. The fourth-order valence-electron chi connectivity index (χ4n) is 2.12. The molecule has 3 heteroatoms. The van der Waals surface area contributed by atoms with E-state index in [0.717, 1.165) is 44.9 Å². The molecule has 122 valence electrons. The van der Waals surface area contributed by atoms with E-state index in [4.69, 9.17) is 5.11 Å². The van der Waals surface area contributed by atoms with E-state index >= 15 is 0 Å². The van der Waals surface area contributed by atoms with Crippen molar-refractivity contribution < 1.29 is 15.0 Å². The molecule has 0 aromatic rings. The summed E-state index contributed by atoms with van der Waals surface area (Å²) in [6, 6.07) is 0. The summed E-state index contributed by atoms with van der Waals surface area (Å²) in [4.78, 5) is 10.3. The molecule has 21 heavy (non-hydrogen) atoms. The van der Waals surface area contributed by atoms with Crippen molar-refractivity contribution in [2.45, 2.75) is 83.7 Å². The minimum absolute atomic E-state index is 0.288. The molecule has 0 fully saturated rings. The van der Waals surface area contributed by atoms with Crippen LogP contribution in [0, 0.1) is 0 Å². The van der Waals surface area contributed by atoms with Gasteiger partial charge in [0.2, 0.25) is 0 Å². The molecular weight excluding hydrogens is 264 g/mol. The van der Waals surface area contributed by atoms with Crippen molar-refractivity contribution in [1.82, 2.24) is 0 Å². The highest BCUT2D eigenvalue weighted by molar-refractivity contribution is 5.66. The van der Waals surface area contributed by atoms with Gasteiger partial charge in [-0.05, 0) is 32.1 Å². The van der Waals surface area contributed by atoms with E-state index in [0.29, 0.717) is 0 Å². The SMILES string of the molecule is CCCCC/C=C\[C@@H](O)/C=C\CCCCCCCC(=O)O. The van der Waals surface area contributed by atoms with Crippen LogP contribution in [0.15, 0.2) is 24.3 Å². The first-order valence-electron chi connectivity index (χ1n) is 8.40. The zero-order chi connectivity index (χ0) is 15.8. The van der Waals surface area contributed by atoms with E-state index in [1.165, 1.54) is 19.3 Å². The van der Waals surface area contributed by atoms with Gasteiger partial charge in [-0.15, -0.1) is 0 Å². The summed E-state index contributed by atoms with van der Waals surface area (Å²) in [5.74, 6) is -0.699. The van der Waals surface area contributed by atoms with Gasteiger partial charge in [0.15, 0.2) is 0 Å². The van der Waals surface area contributed by atoms with Crippen LogP contribution in [0.5, 0.6) is 0 Å². The summed E-state index contributed by atoms with van der Waals surface area (Å²) < 4.78 is 0. The van der Waals surface area contributed by atoms with Crippen LogP contribution in [-0.2, 0) is 4.79 Å². The van der Waals surface area contributed by atoms with Gasteiger partial charge in [0.1, 0.15) is 0 Å². The lowest BCUT2D eigenvalue weighted by Gasteiger charge is -2.00. The fraction of sp³-hybridized carbons (Fsp3) is 0.722. The van der Waals surface area contributed by atoms with E-state index in [1.54, 1.807) is 0 Å². The Labute approximate surface area is 129 Å².